The molecule has 0 unspecified atom stereocenters. The van der Waals surface area contributed by atoms with Crippen LogP contribution in [0.15, 0.2) is 47.3 Å². The lowest BCUT2D eigenvalue weighted by Crippen LogP contribution is -2.17. The van der Waals surface area contributed by atoms with Gasteiger partial charge in [-0.25, -0.2) is 0 Å². The molecule has 1 aromatic carbocycles. The van der Waals surface area contributed by atoms with E-state index in [2.05, 4.69) is 9.72 Å². The van der Waals surface area contributed by atoms with Crippen LogP contribution in [0.2, 0.25) is 0 Å². The van der Waals surface area contributed by atoms with Crippen LogP contribution in [0.5, 0.6) is 5.75 Å². The van der Waals surface area contributed by atoms with Crippen LogP contribution in [0, 0.1) is 0 Å². The molecule has 0 amide bonds. The zero-order valence-corrected chi connectivity index (χ0v) is 8.99. The van der Waals surface area contributed by atoms with Crippen LogP contribution < -0.4 is 10.3 Å². The zero-order valence-electron chi connectivity index (χ0n) is 8.99. The van der Waals surface area contributed by atoms with Gasteiger partial charge >= 0.3 is 6.36 Å². The number of ether oxygens (including phenoxy) is 1. The fraction of sp³-hybridized carbons (Fsp3) is 0.0833. The highest BCUT2D eigenvalue weighted by Gasteiger charge is 2.32. The lowest BCUT2D eigenvalue weighted by molar-refractivity contribution is -0.274. The van der Waals surface area contributed by atoms with Crippen molar-refractivity contribution in [2.75, 3.05) is 0 Å². The van der Waals surface area contributed by atoms with Gasteiger partial charge in [0.1, 0.15) is 5.75 Å². The van der Waals surface area contributed by atoms with Gasteiger partial charge in [-0.3, -0.25) is 4.79 Å². The van der Waals surface area contributed by atoms with Crippen molar-refractivity contribution in [2.24, 2.45) is 0 Å². The zero-order chi connectivity index (χ0) is 13.2. The first kappa shape index (κ1) is 12.2. The Kier molecular flexibility index (Phi) is 3.10. The summed E-state index contributed by atoms with van der Waals surface area (Å²) < 4.78 is 40.6. The SMILES string of the molecule is O=c1cccc(-c2ccccc2OC(F)(F)F)[nH]1. The van der Waals surface area contributed by atoms with Crippen LogP contribution in [0.1, 0.15) is 0 Å². The Morgan fingerprint density at radius 2 is 1.72 bits per heavy atom. The number of pyridine rings is 1. The minimum absolute atomic E-state index is 0.174. The molecule has 3 nitrogen and oxygen atoms in total. The van der Waals surface area contributed by atoms with E-state index in [1.165, 1.54) is 36.4 Å². The van der Waals surface area contributed by atoms with Crippen molar-refractivity contribution in [3.05, 3.63) is 52.8 Å². The highest BCUT2D eigenvalue weighted by atomic mass is 19.4. The van der Waals surface area contributed by atoms with Gasteiger partial charge < -0.3 is 9.72 Å². The van der Waals surface area contributed by atoms with Crippen LogP contribution in [0.4, 0.5) is 13.2 Å². The molecule has 0 saturated heterocycles. The molecule has 0 saturated carbocycles. The number of benzene rings is 1. The second kappa shape index (κ2) is 4.56. The molecule has 2 aromatic rings. The largest absolute Gasteiger partial charge is 0.573 e. The summed E-state index contributed by atoms with van der Waals surface area (Å²) in [6.07, 6.45) is -4.77. The number of rotatable bonds is 2. The van der Waals surface area contributed by atoms with E-state index in [-0.39, 0.29) is 17.0 Å². The Hall–Kier alpha value is -2.24. The third kappa shape index (κ3) is 2.91. The van der Waals surface area contributed by atoms with E-state index in [1.807, 2.05) is 0 Å². The summed E-state index contributed by atoms with van der Waals surface area (Å²) in [5.74, 6) is -0.355. The van der Waals surface area contributed by atoms with Crippen molar-refractivity contribution in [3.8, 4) is 17.0 Å². The molecular formula is C12H8F3NO2. The monoisotopic (exact) mass is 255 g/mol. The van der Waals surface area contributed by atoms with Crippen molar-refractivity contribution >= 4 is 0 Å². The second-order valence-corrected chi connectivity index (χ2v) is 3.47. The number of hydrogen-bond donors (Lipinski definition) is 1. The summed E-state index contributed by atoms with van der Waals surface area (Å²) in [6, 6.07) is 9.84. The first-order valence-corrected chi connectivity index (χ1v) is 5.00. The van der Waals surface area contributed by atoms with E-state index in [4.69, 9.17) is 0 Å². The highest BCUT2D eigenvalue weighted by Crippen LogP contribution is 2.31. The standard InChI is InChI=1S/C12H8F3NO2/c13-12(14,15)18-10-6-2-1-4-8(10)9-5-3-7-11(17)16-9/h1-7H,(H,16,17). The maximum absolute atomic E-state index is 12.2. The summed E-state index contributed by atoms with van der Waals surface area (Å²) in [6.45, 7) is 0. The summed E-state index contributed by atoms with van der Waals surface area (Å²) in [5, 5.41) is 0. The van der Waals surface area contributed by atoms with Crippen molar-refractivity contribution in [1.82, 2.24) is 4.98 Å². The van der Waals surface area contributed by atoms with E-state index >= 15 is 0 Å². The molecular weight excluding hydrogens is 247 g/mol. The third-order valence-corrected chi connectivity index (χ3v) is 2.17. The molecule has 0 atom stereocenters. The Morgan fingerprint density at radius 1 is 1.00 bits per heavy atom. The molecule has 94 valence electrons. The predicted octanol–water partition coefficient (Wildman–Crippen LogP) is 2.94. The first-order chi connectivity index (χ1) is 8.46. The van der Waals surface area contributed by atoms with Gasteiger partial charge in [0.15, 0.2) is 0 Å². The van der Waals surface area contributed by atoms with Gasteiger partial charge in [-0.05, 0) is 18.2 Å². The Labute approximate surface area is 99.8 Å². The average Bonchev–Trinajstić information content (AvgIpc) is 2.27. The molecule has 0 aliphatic carbocycles. The Bertz CT molecular complexity index is 605. The van der Waals surface area contributed by atoms with E-state index in [1.54, 1.807) is 6.07 Å². The molecule has 18 heavy (non-hydrogen) atoms. The quantitative estimate of drug-likeness (QED) is 0.896. The Balaban J connectivity index is 2.48. The maximum atomic E-state index is 12.2. The molecule has 0 bridgehead atoms. The number of para-hydroxylation sites is 1. The predicted molar refractivity (Wildman–Crippen MR) is 59.2 cm³/mol. The number of nitrogens with one attached hydrogen (secondary N) is 1. The summed E-state index contributed by atoms with van der Waals surface area (Å²) in [4.78, 5) is 13.6. The number of aromatic amines is 1. The van der Waals surface area contributed by atoms with E-state index in [0.29, 0.717) is 0 Å². The summed E-state index contributed by atoms with van der Waals surface area (Å²) in [5.41, 5.74) is 0.0455. The number of alkyl halides is 3. The molecule has 6 heteroatoms. The van der Waals surface area contributed by atoms with Crippen LogP contribution in [-0.2, 0) is 0 Å². The van der Waals surface area contributed by atoms with Crippen LogP contribution in [-0.4, -0.2) is 11.3 Å². The minimum atomic E-state index is -4.77. The van der Waals surface area contributed by atoms with Gasteiger partial charge in [0.05, 0.1) is 5.69 Å². The fourth-order valence-corrected chi connectivity index (χ4v) is 1.51. The lowest BCUT2D eigenvalue weighted by atomic mass is 10.1. The molecule has 0 aliphatic rings. The van der Waals surface area contributed by atoms with Gasteiger partial charge in [0.2, 0.25) is 5.56 Å². The van der Waals surface area contributed by atoms with Crippen molar-refractivity contribution < 1.29 is 17.9 Å². The number of aromatic nitrogens is 1. The molecule has 0 radical (unpaired) electrons. The summed E-state index contributed by atoms with van der Waals surface area (Å²) in [7, 11) is 0. The molecule has 1 aromatic heterocycles. The van der Waals surface area contributed by atoms with E-state index in [9.17, 15) is 18.0 Å². The van der Waals surface area contributed by atoms with E-state index < -0.39 is 11.9 Å². The molecule has 1 N–H and O–H groups in total. The molecule has 0 fully saturated rings. The van der Waals surface area contributed by atoms with Crippen LogP contribution in [0.3, 0.4) is 0 Å². The average molecular weight is 255 g/mol. The normalized spacial score (nSPS) is 11.3. The van der Waals surface area contributed by atoms with E-state index in [0.717, 1.165) is 0 Å². The third-order valence-electron chi connectivity index (χ3n) is 2.17. The number of hydrogen-bond acceptors (Lipinski definition) is 2. The van der Waals surface area contributed by atoms with Crippen LogP contribution >= 0.6 is 0 Å². The fourth-order valence-electron chi connectivity index (χ4n) is 1.51. The summed E-state index contributed by atoms with van der Waals surface area (Å²) >= 11 is 0. The number of H-pyrrole nitrogens is 1. The van der Waals surface area contributed by atoms with Gasteiger partial charge in [-0.1, -0.05) is 18.2 Å². The second-order valence-electron chi connectivity index (χ2n) is 3.47. The van der Waals surface area contributed by atoms with Crippen molar-refractivity contribution in [3.63, 3.8) is 0 Å². The van der Waals surface area contributed by atoms with Crippen LogP contribution in [0.25, 0.3) is 11.3 Å². The topological polar surface area (TPSA) is 42.1 Å². The highest BCUT2D eigenvalue weighted by molar-refractivity contribution is 5.66. The Morgan fingerprint density at radius 3 is 2.39 bits per heavy atom. The maximum Gasteiger partial charge on any atom is 0.573 e. The molecule has 0 spiro atoms. The van der Waals surface area contributed by atoms with Gasteiger partial charge in [0.25, 0.3) is 0 Å². The first-order valence-electron chi connectivity index (χ1n) is 5.00. The lowest BCUT2D eigenvalue weighted by Gasteiger charge is -2.12. The van der Waals surface area contributed by atoms with Gasteiger partial charge in [0, 0.05) is 11.6 Å². The molecule has 1 heterocycles. The smallest absolute Gasteiger partial charge is 0.405 e. The van der Waals surface area contributed by atoms with Gasteiger partial charge in [-0.2, -0.15) is 0 Å². The molecule has 0 aliphatic heterocycles. The minimum Gasteiger partial charge on any atom is -0.405 e. The van der Waals surface area contributed by atoms with Crippen molar-refractivity contribution in [2.45, 2.75) is 6.36 Å². The molecule has 2 rings (SSSR count). The van der Waals surface area contributed by atoms with Gasteiger partial charge in [-0.15, -0.1) is 13.2 Å². The number of halogens is 3. The van der Waals surface area contributed by atoms with Crippen molar-refractivity contribution in [1.29, 1.82) is 0 Å².